The van der Waals surface area contributed by atoms with Crippen LogP contribution in [0, 0.1) is 0 Å². The lowest BCUT2D eigenvalue weighted by atomic mass is 10.1. The molecule has 0 spiro atoms. The number of ketones is 1. The van der Waals surface area contributed by atoms with Crippen molar-refractivity contribution in [3.05, 3.63) is 158 Å². The molecule has 0 saturated carbocycles. The van der Waals surface area contributed by atoms with Crippen LogP contribution in [0.4, 0.5) is 27.8 Å². The van der Waals surface area contributed by atoms with Gasteiger partial charge >= 0.3 is 12.1 Å². The second kappa shape index (κ2) is 24.3. The lowest BCUT2D eigenvalue weighted by Crippen LogP contribution is -2.27. The maximum absolute atomic E-state index is 12.3. The van der Waals surface area contributed by atoms with E-state index < -0.39 is 17.7 Å². The summed E-state index contributed by atoms with van der Waals surface area (Å²) in [5.74, 6) is 0.248. The predicted molar refractivity (Wildman–Crippen MR) is 299 cm³/mol. The molecule has 10 aromatic rings. The molecule has 6 aromatic heterocycles. The first-order chi connectivity index (χ1) is 33.4. The number of aromatic amines is 2. The maximum Gasteiger partial charge on any atom is 0.435 e. The Balaban J connectivity index is 0.000000187. The van der Waals surface area contributed by atoms with Crippen LogP contribution in [0.15, 0.2) is 134 Å². The van der Waals surface area contributed by atoms with Crippen molar-refractivity contribution in [1.82, 2.24) is 39.7 Å². The number of carboxylic acids is 1. The second-order valence-electron chi connectivity index (χ2n) is 16.3. The number of rotatable bonds is 6. The van der Waals surface area contributed by atoms with Crippen molar-refractivity contribution >= 4 is 146 Å². The van der Waals surface area contributed by atoms with E-state index in [0.717, 1.165) is 59.5 Å². The monoisotopic (exact) mass is 1150 g/mol. The minimum Gasteiger partial charge on any atom is -0.475 e. The van der Waals surface area contributed by atoms with E-state index in [2.05, 4.69) is 88.6 Å². The quantitative estimate of drug-likeness (QED) is 0.0771. The number of hydrogen-bond donors (Lipinski definition) is 5. The highest BCUT2D eigenvalue weighted by atomic mass is 79.9. The molecule has 4 aromatic carbocycles. The smallest absolute Gasteiger partial charge is 0.435 e. The minimum atomic E-state index is -1.05. The number of carbonyl (C=O) groups is 3. The highest BCUT2D eigenvalue weighted by Crippen LogP contribution is 2.28. The highest BCUT2D eigenvalue weighted by molar-refractivity contribution is 9.10. The second-order valence-corrected chi connectivity index (χ2v) is 18.8. The fourth-order valence-corrected chi connectivity index (χ4v) is 7.86. The van der Waals surface area contributed by atoms with Gasteiger partial charge in [-0.3, -0.25) is 9.79 Å². The van der Waals surface area contributed by atoms with Gasteiger partial charge in [0.15, 0.2) is 5.78 Å². The first-order valence-corrected chi connectivity index (χ1v) is 23.4. The molecular weight excluding hydrogens is 1110 g/mol. The number of fused-ring (bicyclic) bond motifs is 5. The Labute approximate surface area is 447 Å². The summed E-state index contributed by atoms with van der Waals surface area (Å²) in [4.78, 5) is 60.5. The number of aromatic carboxylic acids is 1. The number of hydrogen-bond acceptors (Lipinski definition) is 13. The Bertz CT molecular complexity index is 3530. The lowest BCUT2D eigenvalue weighted by Gasteiger charge is -2.19. The third-order valence-electron chi connectivity index (χ3n) is 9.98. The molecule has 0 fully saturated rings. The summed E-state index contributed by atoms with van der Waals surface area (Å²) in [5, 5.41) is 23.1. The molecule has 378 valence electrons. The number of furan rings is 1. The summed E-state index contributed by atoms with van der Waals surface area (Å²) in [6.45, 7) is 7.77. The van der Waals surface area contributed by atoms with Gasteiger partial charge in [-0.2, -0.15) is 19.7 Å². The third kappa shape index (κ3) is 14.4. The molecule has 73 heavy (non-hydrogen) atoms. The van der Waals surface area contributed by atoms with E-state index in [-0.39, 0.29) is 44.4 Å². The van der Waals surface area contributed by atoms with Crippen LogP contribution in [0.5, 0.6) is 0 Å². The number of benzene rings is 4. The van der Waals surface area contributed by atoms with Crippen LogP contribution >= 0.6 is 55.1 Å². The van der Waals surface area contributed by atoms with Crippen LogP contribution in [0.2, 0.25) is 10.6 Å². The minimum absolute atomic E-state index is 0. The standard InChI is InChI=1S/C18H17ClN6O2.C12H9ClN4.C10H8BrNO.C9H5BrO3.3CH4/c1-18(2,3)27-17(26)25-13-5-4-11(8-10(13)9-21-25)22-15-12-6-7-20-14(12)23-16(19)24-15;13-12-15-4-3-11(17-12)16-10-2-1-8-6-14-7-9(8)5-10;1-6(13)9-4-7-2-3-8(11)5-10(7)12-9;10-6-2-1-5-3-8(9(11)12)13-7(5)4-6;;;/h4-9H,1-3H3,(H2,20,22,23,24);1-5,7H,6H2,(H,15,16,17);2-5,12H,1H3;1-4H,(H,11,12);3*1H4. The molecule has 7 heterocycles. The van der Waals surface area contributed by atoms with Gasteiger partial charge in [0.2, 0.25) is 16.3 Å². The first kappa shape index (κ1) is 56.5. The number of aromatic nitrogens is 8. The molecule has 17 nitrogen and oxygen atoms in total. The van der Waals surface area contributed by atoms with Crippen LogP contribution in [0.3, 0.4) is 0 Å². The maximum atomic E-state index is 12.3. The van der Waals surface area contributed by atoms with Crippen molar-refractivity contribution < 1.29 is 28.6 Å². The van der Waals surface area contributed by atoms with Crippen molar-refractivity contribution in [2.75, 3.05) is 10.6 Å². The van der Waals surface area contributed by atoms with E-state index in [9.17, 15) is 14.4 Å². The fourth-order valence-electron chi connectivity index (χ4n) is 6.84. The number of ether oxygens (including phenoxy) is 1. The van der Waals surface area contributed by atoms with Crippen molar-refractivity contribution in [2.45, 2.75) is 62.1 Å². The summed E-state index contributed by atoms with van der Waals surface area (Å²) >= 11 is 18.4. The summed E-state index contributed by atoms with van der Waals surface area (Å²) in [6, 6.07) is 29.9. The largest absolute Gasteiger partial charge is 0.475 e. The molecule has 0 saturated heterocycles. The predicted octanol–water partition coefficient (Wildman–Crippen LogP) is 15.2. The molecule has 0 amide bonds. The van der Waals surface area contributed by atoms with Gasteiger partial charge in [0.1, 0.15) is 28.5 Å². The Hall–Kier alpha value is -7.45. The van der Waals surface area contributed by atoms with Gasteiger partial charge in [0, 0.05) is 67.5 Å². The number of aliphatic imine (C=N–C) groups is 1. The molecular formula is C52H51Br2Cl2N11O6. The van der Waals surface area contributed by atoms with Crippen LogP contribution < -0.4 is 10.6 Å². The molecule has 11 rings (SSSR count). The molecule has 0 unspecified atom stereocenters. The zero-order valence-electron chi connectivity index (χ0n) is 37.4. The zero-order valence-corrected chi connectivity index (χ0v) is 42.1. The lowest BCUT2D eigenvalue weighted by molar-refractivity contribution is 0.0521. The van der Waals surface area contributed by atoms with Crippen molar-refractivity contribution in [3.8, 4) is 0 Å². The Kier molecular flexibility index (Phi) is 18.8. The van der Waals surface area contributed by atoms with E-state index in [1.807, 2.05) is 87.6 Å². The van der Waals surface area contributed by atoms with E-state index in [0.29, 0.717) is 34.1 Å². The number of anilines is 4. The first-order valence-electron chi connectivity index (χ1n) is 21.0. The highest BCUT2D eigenvalue weighted by Gasteiger charge is 2.20. The third-order valence-corrected chi connectivity index (χ3v) is 11.3. The summed E-state index contributed by atoms with van der Waals surface area (Å²) in [7, 11) is 0. The van der Waals surface area contributed by atoms with Crippen LogP contribution in [-0.4, -0.2) is 74.5 Å². The van der Waals surface area contributed by atoms with Crippen molar-refractivity contribution in [3.63, 3.8) is 0 Å². The molecule has 1 aliphatic rings. The summed E-state index contributed by atoms with van der Waals surface area (Å²) in [5.41, 5.74) is 7.07. The van der Waals surface area contributed by atoms with Gasteiger partial charge < -0.3 is 34.9 Å². The van der Waals surface area contributed by atoms with Crippen LogP contribution in [-0.2, 0) is 11.3 Å². The van der Waals surface area contributed by atoms with Gasteiger partial charge in [-0.25, -0.2) is 19.6 Å². The van der Waals surface area contributed by atoms with Crippen molar-refractivity contribution in [1.29, 1.82) is 0 Å². The van der Waals surface area contributed by atoms with E-state index >= 15 is 0 Å². The van der Waals surface area contributed by atoms with E-state index in [1.165, 1.54) is 16.3 Å². The topological polar surface area (TPSA) is 231 Å². The van der Waals surface area contributed by atoms with Crippen LogP contribution in [0.25, 0.3) is 43.8 Å². The Morgan fingerprint density at radius 1 is 0.808 bits per heavy atom. The fraction of sp³-hybridized carbons (Fsp3) is 0.173. The van der Waals surface area contributed by atoms with Gasteiger partial charge in [0.25, 0.3) is 0 Å². The number of nitrogens with one attached hydrogen (secondary N) is 4. The SMILES string of the molecule is C.C.C.CC(=O)c1cc2ccc(Br)cc2[nH]1.CC(C)(C)OC(=O)n1ncc2cc(Nc3nc(Cl)nc4[nH]ccc34)ccc21.Clc1nccc(Nc2ccc3c(c2)C=NC3)n1.O=C(O)c1cc2ccc(Br)cc2o1. The average molecular weight is 1160 g/mol. The summed E-state index contributed by atoms with van der Waals surface area (Å²) in [6.07, 6.45) is 6.37. The number of H-pyrrole nitrogens is 2. The van der Waals surface area contributed by atoms with Gasteiger partial charge in [-0.1, -0.05) is 66.3 Å². The molecule has 21 heteroatoms. The summed E-state index contributed by atoms with van der Waals surface area (Å²) < 4.78 is 13.6. The molecule has 0 radical (unpaired) electrons. The average Bonchev–Trinajstić information content (AvgIpc) is 4.16. The zero-order chi connectivity index (χ0) is 49.7. The number of halogens is 4. The number of Topliss-reactive ketones (excluding diaryl/α,β-unsaturated/α-hetero) is 1. The van der Waals surface area contributed by atoms with Gasteiger partial charge in [-0.15, -0.1) is 0 Å². The molecule has 1 aliphatic heterocycles. The van der Waals surface area contributed by atoms with E-state index in [4.69, 9.17) is 37.5 Å². The molecule has 0 atom stereocenters. The number of carbonyl (C=O) groups excluding carboxylic acids is 2. The van der Waals surface area contributed by atoms with Gasteiger partial charge in [0.05, 0.1) is 29.3 Å². The number of nitrogens with zero attached hydrogens (tertiary/aromatic N) is 7. The molecule has 0 aliphatic carbocycles. The Morgan fingerprint density at radius 3 is 2.26 bits per heavy atom. The Morgan fingerprint density at radius 2 is 1.53 bits per heavy atom. The van der Waals surface area contributed by atoms with Gasteiger partial charge in [-0.05, 0) is 140 Å². The number of carboxylic acid groups (broad SMARTS) is 1. The van der Waals surface area contributed by atoms with E-state index in [1.54, 1.807) is 49.8 Å². The van der Waals surface area contributed by atoms with Crippen LogP contribution in [0.1, 0.15) is 82.1 Å². The molecule has 5 N–H and O–H groups in total. The normalized spacial score (nSPS) is 11.1. The van der Waals surface area contributed by atoms with Crippen molar-refractivity contribution in [2.24, 2.45) is 4.99 Å². The molecule has 0 bridgehead atoms.